The lowest BCUT2D eigenvalue weighted by atomic mass is 9.94. The number of ether oxygens (including phenoxy) is 1. The molecular formula is C21H25ClN2O3S. The molecule has 0 saturated heterocycles. The average Bonchev–Trinajstić information content (AvgIpc) is 3.02. The molecular weight excluding hydrogens is 396 g/mol. The van der Waals surface area contributed by atoms with Crippen LogP contribution in [0.5, 0.6) is 5.75 Å². The SMILES string of the molecule is CCC(CC)c1cc(C)c2nc(-c3ccc(OC)cc3Cl)c(S(C)(=O)=O)n2c1. The molecule has 0 aliphatic rings. The van der Waals surface area contributed by atoms with Gasteiger partial charge in [0.15, 0.2) is 14.9 Å². The molecule has 0 radical (unpaired) electrons. The van der Waals surface area contributed by atoms with E-state index in [2.05, 4.69) is 24.9 Å². The van der Waals surface area contributed by atoms with Crippen LogP contribution in [0.1, 0.15) is 43.7 Å². The molecule has 2 aromatic heterocycles. The topological polar surface area (TPSA) is 60.7 Å². The van der Waals surface area contributed by atoms with Crippen LogP contribution in [0.3, 0.4) is 0 Å². The molecule has 0 fully saturated rings. The first-order valence-corrected chi connectivity index (χ1v) is 11.5. The van der Waals surface area contributed by atoms with Gasteiger partial charge in [-0.25, -0.2) is 13.4 Å². The van der Waals surface area contributed by atoms with Crippen LogP contribution in [0.4, 0.5) is 0 Å². The quantitative estimate of drug-likeness (QED) is 0.544. The molecule has 5 nitrogen and oxygen atoms in total. The molecule has 3 aromatic rings. The number of aryl methyl sites for hydroxylation is 1. The van der Waals surface area contributed by atoms with Crippen LogP contribution in [-0.2, 0) is 9.84 Å². The Balaban J connectivity index is 2.37. The van der Waals surface area contributed by atoms with E-state index in [4.69, 9.17) is 16.3 Å². The number of hydrogen-bond donors (Lipinski definition) is 0. The third-order valence-corrected chi connectivity index (χ3v) is 6.53. The Kier molecular flexibility index (Phi) is 5.73. The molecule has 0 unspecified atom stereocenters. The summed E-state index contributed by atoms with van der Waals surface area (Å²) in [5, 5.41) is 0.552. The first kappa shape index (κ1) is 20.7. The van der Waals surface area contributed by atoms with Crippen LogP contribution in [0.2, 0.25) is 5.02 Å². The van der Waals surface area contributed by atoms with Gasteiger partial charge in [0.1, 0.15) is 17.1 Å². The Hall–Kier alpha value is -2.05. The van der Waals surface area contributed by atoms with Gasteiger partial charge < -0.3 is 4.74 Å². The van der Waals surface area contributed by atoms with Crippen molar-refractivity contribution in [2.24, 2.45) is 0 Å². The number of pyridine rings is 1. The third-order valence-electron chi connectivity index (χ3n) is 5.12. The van der Waals surface area contributed by atoms with E-state index in [1.807, 2.05) is 13.1 Å². The van der Waals surface area contributed by atoms with E-state index < -0.39 is 9.84 Å². The summed E-state index contributed by atoms with van der Waals surface area (Å²) >= 11 is 6.43. The van der Waals surface area contributed by atoms with Crippen LogP contribution >= 0.6 is 11.6 Å². The minimum Gasteiger partial charge on any atom is -0.497 e. The van der Waals surface area contributed by atoms with Gasteiger partial charge in [0.2, 0.25) is 0 Å². The Bertz CT molecular complexity index is 1130. The molecule has 0 bridgehead atoms. The van der Waals surface area contributed by atoms with Crippen molar-refractivity contribution in [1.82, 2.24) is 9.38 Å². The molecule has 1 aromatic carbocycles. The predicted molar refractivity (Wildman–Crippen MR) is 113 cm³/mol. The third kappa shape index (κ3) is 3.63. The number of hydrogen-bond acceptors (Lipinski definition) is 4. The van der Waals surface area contributed by atoms with Crippen molar-refractivity contribution in [2.45, 2.75) is 44.6 Å². The van der Waals surface area contributed by atoms with Crippen molar-refractivity contribution in [3.05, 3.63) is 46.6 Å². The van der Waals surface area contributed by atoms with Gasteiger partial charge in [-0.3, -0.25) is 4.40 Å². The highest BCUT2D eigenvalue weighted by molar-refractivity contribution is 7.90. The lowest BCUT2D eigenvalue weighted by molar-refractivity contribution is 0.415. The molecule has 7 heteroatoms. The van der Waals surface area contributed by atoms with E-state index in [1.54, 1.807) is 29.7 Å². The van der Waals surface area contributed by atoms with Crippen molar-refractivity contribution >= 4 is 27.1 Å². The highest BCUT2D eigenvalue weighted by atomic mass is 35.5. The monoisotopic (exact) mass is 420 g/mol. The van der Waals surface area contributed by atoms with Crippen molar-refractivity contribution in [1.29, 1.82) is 0 Å². The molecule has 0 aliphatic heterocycles. The molecule has 150 valence electrons. The van der Waals surface area contributed by atoms with E-state index >= 15 is 0 Å². The predicted octanol–water partition coefficient (Wildman–Crippen LogP) is 5.28. The highest BCUT2D eigenvalue weighted by Gasteiger charge is 2.25. The van der Waals surface area contributed by atoms with Gasteiger partial charge in [-0.2, -0.15) is 0 Å². The van der Waals surface area contributed by atoms with Gasteiger partial charge in [-0.15, -0.1) is 0 Å². The minimum absolute atomic E-state index is 0.158. The summed E-state index contributed by atoms with van der Waals surface area (Å²) in [4.78, 5) is 4.68. The number of nitrogens with zero attached hydrogens (tertiary/aromatic N) is 2. The number of aromatic nitrogens is 2. The molecule has 0 amide bonds. The molecule has 0 atom stereocenters. The number of imidazole rings is 1. The van der Waals surface area contributed by atoms with E-state index in [0.717, 1.165) is 24.0 Å². The van der Waals surface area contributed by atoms with Crippen molar-refractivity contribution in [3.63, 3.8) is 0 Å². The van der Waals surface area contributed by atoms with Gasteiger partial charge in [-0.1, -0.05) is 31.5 Å². The fourth-order valence-corrected chi connectivity index (χ4v) is 4.91. The van der Waals surface area contributed by atoms with Crippen molar-refractivity contribution < 1.29 is 13.2 Å². The summed E-state index contributed by atoms with van der Waals surface area (Å²) in [6, 6.07) is 7.26. The van der Waals surface area contributed by atoms with Crippen molar-refractivity contribution in [2.75, 3.05) is 13.4 Å². The molecule has 0 N–H and O–H groups in total. The zero-order valence-corrected chi connectivity index (χ0v) is 18.4. The molecule has 0 spiro atoms. The zero-order chi connectivity index (χ0) is 20.6. The number of fused-ring (bicyclic) bond motifs is 1. The summed E-state index contributed by atoms with van der Waals surface area (Å²) in [6.45, 7) is 6.24. The van der Waals surface area contributed by atoms with Crippen molar-refractivity contribution in [3.8, 4) is 17.0 Å². The Morgan fingerprint density at radius 1 is 1.21 bits per heavy atom. The summed E-state index contributed by atoms with van der Waals surface area (Å²) in [5.41, 5.74) is 3.60. The maximum atomic E-state index is 12.7. The molecule has 2 heterocycles. The summed E-state index contributed by atoms with van der Waals surface area (Å²) in [5.74, 6) is 0.969. The maximum absolute atomic E-state index is 12.7. The van der Waals surface area contributed by atoms with E-state index in [9.17, 15) is 8.42 Å². The fourth-order valence-electron chi connectivity index (χ4n) is 3.64. The highest BCUT2D eigenvalue weighted by Crippen LogP contribution is 2.36. The first-order valence-electron chi connectivity index (χ1n) is 9.27. The van der Waals surface area contributed by atoms with Crippen LogP contribution < -0.4 is 4.74 Å². The Morgan fingerprint density at radius 2 is 1.89 bits per heavy atom. The number of rotatable bonds is 6. The summed E-state index contributed by atoms with van der Waals surface area (Å²) < 4.78 is 32.4. The van der Waals surface area contributed by atoms with Crippen LogP contribution in [0, 0.1) is 6.92 Å². The van der Waals surface area contributed by atoms with Gasteiger partial charge in [0.25, 0.3) is 0 Å². The molecule has 28 heavy (non-hydrogen) atoms. The van der Waals surface area contributed by atoms with E-state index in [-0.39, 0.29) is 5.03 Å². The van der Waals surface area contributed by atoms with E-state index in [1.165, 1.54) is 6.26 Å². The maximum Gasteiger partial charge on any atom is 0.193 e. The second-order valence-electron chi connectivity index (χ2n) is 7.05. The molecule has 0 saturated carbocycles. The van der Waals surface area contributed by atoms with Crippen LogP contribution in [0.25, 0.3) is 16.9 Å². The zero-order valence-electron chi connectivity index (χ0n) is 16.8. The Morgan fingerprint density at radius 3 is 2.43 bits per heavy atom. The lowest BCUT2D eigenvalue weighted by Crippen LogP contribution is -2.06. The summed E-state index contributed by atoms with van der Waals surface area (Å²) in [6.07, 6.45) is 5.09. The Labute approximate surface area is 171 Å². The number of methoxy groups -OCH3 is 1. The normalized spacial score (nSPS) is 12.1. The number of sulfone groups is 1. The van der Waals surface area contributed by atoms with Gasteiger partial charge in [0.05, 0.1) is 12.1 Å². The number of benzene rings is 1. The molecule has 3 rings (SSSR count). The fraction of sp³-hybridized carbons (Fsp3) is 0.381. The molecule has 0 aliphatic carbocycles. The van der Waals surface area contributed by atoms with Gasteiger partial charge in [-0.05, 0) is 55.0 Å². The second kappa shape index (κ2) is 7.76. The van der Waals surface area contributed by atoms with Crippen LogP contribution in [-0.4, -0.2) is 31.2 Å². The van der Waals surface area contributed by atoms with E-state index in [0.29, 0.717) is 33.6 Å². The summed E-state index contributed by atoms with van der Waals surface area (Å²) in [7, 11) is -2.00. The lowest BCUT2D eigenvalue weighted by Gasteiger charge is -2.15. The first-order chi connectivity index (χ1) is 13.2. The average molecular weight is 421 g/mol. The minimum atomic E-state index is -3.56. The smallest absolute Gasteiger partial charge is 0.193 e. The van der Waals surface area contributed by atoms with Crippen LogP contribution in [0.15, 0.2) is 35.5 Å². The standard InChI is InChI=1S/C21H25ClN2O3S/c1-6-14(7-2)15-10-13(3)20-23-19(21(24(20)12-15)28(5,25)26)17-9-8-16(27-4)11-18(17)22/h8-12,14H,6-7H2,1-5H3. The van der Waals surface area contributed by atoms with Gasteiger partial charge >= 0.3 is 0 Å². The number of halogens is 1. The largest absolute Gasteiger partial charge is 0.497 e. The second-order valence-corrected chi connectivity index (χ2v) is 9.39. The van der Waals surface area contributed by atoms with Gasteiger partial charge in [0, 0.05) is 18.0 Å².